The fourth-order valence-corrected chi connectivity index (χ4v) is 2.53. The van der Waals surface area contributed by atoms with Crippen LogP contribution in [-0.2, 0) is 25.6 Å². The van der Waals surface area contributed by atoms with Crippen LogP contribution >= 0.6 is 0 Å². The monoisotopic (exact) mass is 395 g/mol. The van der Waals surface area contributed by atoms with E-state index in [9.17, 15) is 4.79 Å². The van der Waals surface area contributed by atoms with Gasteiger partial charge in [0.15, 0.2) is 0 Å². The van der Waals surface area contributed by atoms with Crippen LogP contribution in [0.5, 0.6) is 0 Å². The fraction of sp³-hybridized carbons (Fsp3) is 0.682. The Morgan fingerprint density at radius 2 is 1.39 bits per heavy atom. The Morgan fingerprint density at radius 3 is 2.11 bits per heavy atom. The molecule has 0 aromatic heterocycles. The first-order valence-electron chi connectivity index (χ1n) is 10.5. The molecular weight excluding hydrogens is 358 g/mol. The lowest BCUT2D eigenvalue weighted by atomic mass is 10.1. The Balaban J connectivity index is 1.75. The van der Waals surface area contributed by atoms with Crippen molar-refractivity contribution in [3.05, 3.63) is 35.9 Å². The zero-order chi connectivity index (χ0) is 20.1. The van der Waals surface area contributed by atoms with Crippen molar-refractivity contribution < 1.29 is 23.7 Å². The quantitative estimate of drug-likeness (QED) is 0.375. The van der Waals surface area contributed by atoms with Crippen LogP contribution < -0.4 is 5.32 Å². The maximum Gasteiger partial charge on any atom is 0.407 e. The summed E-state index contributed by atoms with van der Waals surface area (Å²) in [6.07, 6.45) is 7.22. The fourth-order valence-electron chi connectivity index (χ4n) is 2.53. The molecule has 0 aliphatic rings. The highest BCUT2D eigenvalue weighted by molar-refractivity contribution is 5.67. The lowest BCUT2D eigenvalue weighted by Gasteiger charge is -2.08. The number of hydrogen-bond donors (Lipinski definition) is 1. The SMILES string of the molecule is CCCCCCCCOCCOCCOCCNC(=O)OCc1ccccc1. The summed E-state index contributed by atoms with van der Waals surface area (Å²) in [4.78, 5) is 11.5. The number of nitrogens with one attached hydrogen (secondary N) is 1. The average Bonchev–Trinajstić information content (AvgIpc) is 2.72. The molecule has 0 saturated carbocycles. The topological polar surface area (TPSA) is 66.0 Å². The second kappa shape index (κ2) is 18.7. The second-order valence-corrected chi connectivity index (χ2v) is 6.59. The van der Waals surface area contributed by atoms with Gasteiger partial charge in [0, 0.05) is 13.2 Å². The highest BCUT2D eigenvalue weighted by Gasteiger charge is 2.01. The molecule has 1 rings (SSSR count). The second-order valence-electron chi connectivity index (χ2n) is 6.59. The summed E-state index contributed by atoms with van der Waals surface area (Å²) in [5.74, 6) is 0. The zero-order valence-corrected chi connectivity index (χ0v) is 17.3. The molecule has 1 aromatic rings. The summed E-state index contributed by atoms with van der Waals surface area (Å²) in [7, 11) is 0. The van der Waals surface area contributed by atoms with Crippen LogP contribution in [-0.4, -0.2) is 52.3 Å². The van der Waals surface area contributed by atoms with Crippen molar-refractivity contribution in [1.29, 1.82) is 0 Å². The molecular formula is C22H37NO5. The molecule has 0 unspecified atom stereocenters. The van der Waals surface area contributed by atoms with Crippen molar-refractivity contribution in [2.24, 2.45) is 0 Å². The van der Waals surface area contributed by atoms with Crippen molar-refractivity contribution >= 4 is 6.09 Å². The van der Waals surface area contributed by atoms with Crippen molar-refractivity contribution in [3.63, 3.8) is 0 Å². The normalized spacial score (nSPS) is 10.8. The number of hydrogen-bond acceptors (Lipinski definition) is 5. The summed E-state index contributed by atoms with van der Waals surface area (Å²) in [5, 5.41) is 2.65. The number of carbonyl (C=O) groups is 1. The van der Waals surface area contributed by atoms with E-state index in [1.54, 1.807) is 0 Å². The standard InChI is InChI=1S/C22H37NO5/c1-2-3-4-5-6-10-14-25-16-18-27-19-17-26-15-13-23-22(24)28-20-21-11-8-7-9-12-21/h7-9,11-12H,2-6,10,13-20H2,1H3,(H,23,24). The highest BCUT2D eigenvalue weighted by atomic mass is 16.6. The van der Waals surface area contributed by atoms with Gasteiger partial charge in [-0.2, -0.15) is 0 Å². The van der Waals surface area contributed by atoms with Crippen molar-refractivity contribution in [1.82, 2.24) is 5.32 Å². The maximum absolute atomic E-state index is 11.5. The van der Waals surface area contributed by atoms with Crippen LogP contribution in [0.3, 0.4) is 0 Å². The van der Waals surface area contributed by atoms with Crippen LogP contribution in [0.25, 0.3) is 0 Å². The minimum atomic E-state index is -0.439. The number of benzene rings is 1. The van der Waals surface area contributed by atoms with Gasteiger partial charge in [-0.3, -0.25) is 0 Å². The molecule has 0 spiro atoms. The number of rotatable bonds is 18. The summed E-state index contributed by atoms with van der Waals surface area (Å²) in [6.45, 7) is 6.40. The van der Waals surface area contributed by atoms with Crippen LogP contribution in [0.15, 0.2) is 30.3 Å². The minimum absolute atomic E-state index is 0.266. The van der Waals surface area contributed by atoms with E-state index in [1.165, 1.54) is 32.1 Å². The van der Waals surface area contributed by atoms with Crippen LogP contribution in [0, 0.1) is 0 Å². The lowest BCUT2D eigenvalue weighted by Crippen LogP contribution is -2.28. The van der Waals surface area contributed by atoms with E-state index in [0.717, 1.165) is 18.6 Å². The van der Waals surface area contributed by atoms with Gasteiger partial charge in [0.2, 0.25) is 0 Å². The molecule has 1 aromatic carbocycles. The molecule has 0 fully saturated rings. The van der Waals surface area contributed by atoms with Crippen LogP contribution in [0.2, 0.25) is 0 Å². The van der Waals surface area contributed by atoms with Gasteiger partial charge in [-0.15, -0.1) is 0 Å². The number of ether oxygens (including phenoxy) is 4. The van der Waals surface area contributed by atoms with Gasteiger partial charge >= 0.3 is 6.09 Å². The molecule has 160 valence electrons. The van der Waals surface area contributed by atoms with E-state index in [0.29, 0.717) is 39.6 Å². The third-order valence-corrected chi connectivity index (χ3v) is 4.11. The molecule has 0 radical (unpaired) electrons. The first kappa shape index (κ1) is 24.4. The molecule has 1 amide bonds. The Labute approximate surface area is 169 Å². The van der Waals surface area contributed by atoms with Gasteiger partial charge in [0.25, 0.3) is 0 Å². The molecule has 0 aliphatic heterocycles. The molecule has 1 N–H and O–H groups in total. The molecule has 6 nitrogen and oxygen atoms in total. The van der Waals surface area contributed by atoms with E-state index in [1.807, 2.05) is 30.3 Å². The van der Waals surface area contributed by atoms with Gasteiger partial charge in [-0.05, 0) is 12.0 Å². The van der Waals surface area contributed by atoms with Gasteiger partial charge in [-0.1, -0.05) is 69.4 Å². The number of amides is 1. The van der Waals surface area contributed by atoms with Crippen LogP contribution in [0.4, 0.5) is 4.79 Å². The summed E-state index contributed by atoms with van der Waals surface area (Å²) in [6, 6.07) is 9.57. The molecule has 0 aliphatic carbocycles. The Morgan fingerprint density at radius 1 is 0.786 bits per heavy atom. The van der Waals surface area contributed by atoms with Gasteiger partial charge in [0.05, 0.1) is 33.0 Å². The highest BCUT2D eigenvalue weighted by Crippen LogP contribution is 2.04. The van der Waals surface area contributed by atoms with Gasteiger partial charge in [-0.25, -0.2) is 4.79 Å². The lowest BCUT2D eigenvalue weighted by molar-refractivity contribution is 0.0143. The summed E-state index contributed by atoms with van der Waals surface area (Å²) in [5.41, 5.74) is 0.960. The Kier molecular flexibility index (Phi) is 16.3. The molecule has 0 saturated heterocycles. The van der Waals surface area contributed by atoms with E-state index in [2.05, 4.69) is 12.2 Å². The molecule has 6 heteroatoms. The number of carbonyl (C=O) groups excluding carboxylic acids is 1. The Bertz CT molecular complexity index is 469. The average molecular weight is 396 g/mol. The van der Waals surface area contributed by atoms with Crippen molar-refractivity contribution in [2.75, 3.05) is 46.2 Å². The smallest absolute Gasteiger partial charge is 0.407 e. The molecule has 0 bridgehead atoms. The molecule has 0 heterocycles. The van der Waals surface area contributed by atoms with Gasteiger partial charge in [0.1, 0.15) is 6.61 Å². The molecule has 28 heavy (non-hydrogen) atoms. The van der Waals surface area contributed by atoms with Crippen molar-refractivity contribution in [2.45, 2.75) is 52.1 Å². The molecule has 0 atom stereocenters. The van der Waals surface area contributed by atoms with E-state index >= 15 is 0 Å². The first-order valence-corrected chi connectivity index (χ1v) is 10.5. The predicted molar refractivity (Wildman–Crippen MR) is 110 cm³/mol. The maximum atomic E-state index is 11.5. The largest absolute Gasteiger partial charge is 0.445 e. The van der Waals surface area contributed by atoms with E-state index in [4.69, 9.17) is 18.9 Å². The zero-order valence-electron chi connectivity index (χ0n) is 17.3. The predicted octanol–water partition coefficient (Wildman–Crippen LogP) is 4.32. The minimum Gasteiger partial charge on any atom is -0.445 e. The summed E-state index contributed by atoms with van der Waals surface area (Å²) < 4.78 is 21.5. The van der Waals surface area contributed by atoms with E-state index in [-0.39, 0.29) is 6.61 Å². The van der Waals surface area contributed by atoms with E-state index < -0.39 is 6.09 Å². The Hall–Kier alpha value is -1.63. The first-order chi connectivity index (χ1) is 13.8. The number of unbranched alkanes of at least 4 members (excludes halogenated alkanes) is 5. The van der Waals surface area contributed by atoms with Gasteiger partial charge < -0.3 is 24.3 Å². The van der Waals surface area contributed by atoms with Crippen LogP contribution in [0.1, 0.15) is 51.0 Å². The van der Waals surface area contributed by atoms with Crippen molar-refractivity contribution in [3.8, 4) is 0 Å². The summed E-state index contributed by atoms with van der Waals surface area (Å²) >= 11 is 0. The third kappa shape index (κ3) is 15.4. The number of alkyl carbamates (subject to hydrolysis) is 1. The third-order valence-electron chi connectivity index (χ3n) is 4.11.